The molecule has 0 bridgehead atoms. The van der Waals surface area contributed by atoms with Crippen molar-refractivity contribution in [3.05, 3.63) is 29.3 Å². The number of hydrogen-bond acceptors (Lipinski definition) is 3. The third kappa shape index (κ3) is 6.01. The van der Waals surface area contributed by atoms with Gasteiger partial charge in [0, 0.05) is 12.2 Å². The van der Waals surface area contributed by atoms with Crippen LogP contribution in [0.5, 0.6) is 0 Å². The van der Waals surface area contributed by atoms with Crippen molar-refractivity contribution >= 4 is 23.4 Å². The molecule has 1 aromatic rings. The molecular weight excluding hydrogens is 256 g/mol. The molecule has 0 saturated heterocycles. The van der Waals surface area contributed by atoms with Crippen LogP contribution in [0.3, 0.4) is 0 Å². The predicted octanol–water partition coefficient (Wildman–Crippen LogP) is 3.23. The molecule has 0 spiro atoms. The highest BCUT2D eigenvalue weighted by Gasteiger charge is 2.08. The minimum absolute atomic E-state index is 0.0645. The maximum atomic E-state index is 12.0. The smallest absolute Gasteiger partial charge is 0.253 e. The van der Waals surface area contributed by atoms with Gasteiger partial charge in [-0.2, -0.15) is 11.8 Å². The molecule has 3 N–H and O–H groups in total. The fourth-order valence-corrected chi connectivity index (χ4v) is 2.38. The zero-order valence-corrected chi connectivity index (χ0v) is 12.7. The van der Waals surface area contributed by atoms with Crippen LogP contribution in [-0.2, 0) is 0 Å². The van der Waals surface area contributed by atoms with Crippen LogP contribution < -0.4 is 11.1 Å². The van der Waals surface area contributed by atoms with E-state index in [1.54, 1.807) is 6.07 Å². The second-order valence-corrected chi connectivity index (χ2v) is 5.74. The van der Waals surface area contributed by atoms with Crippen LogP contribution in [0.15, 0.2) is 18.2 Å². The SMILES string of the molecule is CSCCCCCCNC(=O)c1cc(C)ccc1N. The molecule has 0 aliphatic rings. The zero-order chi connectivity index (χ0) is 14.1. The van der Waals surface area contributed by atoms with Gasteiger partial charge in [0.15, 0.2) is 0 Å². The van der Waals surface area contributed by atoms with Gasteiger partial charge in [0.05, 0.1) is 5.56 Å². The number of aryl methyl sites for hydroxylation is 1. The Morgan fingerprint density at radius 3 is 2.74 bits per heavy atom. The summed E-state index contributed by atoms with van der Waals surface area (Å²) in [6.07, 6.45) is 6.84. The Hall–Kier alpha value is -1.16. The lowest BCUT2D eigenvalue weighted by atomic mass is 10.1. The molecule has 0 aliphatic heterocycles. The molecule has 0 unspecified atom stereocenters. The number of benzene rings is 1. The van der Waals surface area contributed by atoms with Crippen LogP contribution in [0.2, 0.25) is 0 Å². The Balaban J connectivity index is 2.26. The van der Waals surface area contributed by atoms with Gasteiger partial charge in [0.1, 0.15) is 0 Å². The van der Waals surface area contributed by atoms with Crippen LogP contribution >= 0.6 is 11.8 Å². The first-order chi connectivity index (χ1) is 9.15. The molecule has 1 rings (SSSR count). The van der Waals surface area contributed by atoms with Crippen LogP contribution in [0.1, 0.15) is 41.6 Å². The second kappa shape index (κ2) is 8.86. The van der Waals surface area contributed by atoms with Crippen LogP contribution in [0.4, 0.5) is 5.69 Å². The van der Waals surface area contributed by atoms with E-state index in [0.29, 0.717) is 11.3 Å². The highest BCUT2D eigenvalue weighted by molar-refractivity contribution is 7.98. The number of thioether (sulfide) groups is 1. The topological polar surface area (TPSA) is 55.1 Å². The van der Waals surface area contributed by atoms with Crippen molar-refractivity contribution in [3.8, 4) is 0 Å². The highest BCUT2D eigenvalue weighted by atomic mass is 32.2. The molecule has 1 amide bonds. The van der Waals surface area contributed by atoms with Gasteiger partial charge in [0.25, 0.3) is 5.91 Å². The van der Waals surface area contributed by atoms with Gasteiger partial charge in [-0.15, -0.1) is 0 Å². The van der Waals surface area contributed by atoms with E-state index in [0.717, 1.165) is 18.5 Å². The Morgan fingerprint density at radius 1 is 1.26 bits per heavy atom. The fourth-order valence-electron chi connectivity index (χ4n) is 1.89. The minimum atomic E-state index is -0.0645. The standard InChI is InChI=1S/C15H24N2OS/c1-12-7-8-14(16)13(11-12)15(18)17-9-5-3-4-6-10-19-2/h7-8,11H,3-6,9-10,16H2,1-2H3,(H,17,18). The van der Waals surface area contributed by atoms with Gasteiger partial charge in [0.2, 0.25) is 0 Å². The molecule has 1 aromatic carbocycles. The third-order valence-corrected chi connectivity index (χ3v) is 3.71. The van der Waals surface area contributed by atoms with E-state index in [1.165, 1.54) is 25.0 Å². The molecule has 106 valence electrons. The Bertz CT molecular complexity index is 407. The van der Waals surface area contributed by atoms with Crippen molar-refractivity contribution in [3.63, 3.8) is 0 Å². The van der Waals surface area contributed by atoms with E-state index in [9.17, 15) is 4.79 Å². The Morgan fingerprint density at radius 2 is 2.00 bits per heavy atom. The molecule has 0 heterocycles. The van der Waals surface area contributed by atoms with Crippen molar-refractivity contribution in [2.45, 2.75) is 32.6 Å². The second-order valence-electron chi connectivity index (χ2n) is 4.75. The molecule has 0 radical (unpaired) electrons. The van der Waals surface area contributed by atoms with E-state index in [-0.39, 0.29) is 5.91 Å². The number of anilines is 1. The summed E-state index contributed by atoms with van der Waals surface area (Å²) in [6, 6.07) is 5.54. The number of carbonyl (C=O) groups excluding carboxylic acids is 1. The lowest BCUT2D eigenvalue weighted by molar-refractivity contribution is 0.0953. The average molecular weight is 280 g/mol. The average Bonchev–Trinajstić information content (AvgIpc) is 2.40. The third-order valence-electron chi connectivity index (χ3n) is 3.01. The molecule has 3 nitrogen and oxygen atoms in total. The first kappa shape index (κ1) is 15.9. The van der Waals surface area contributed by atoms with Gasteiger partial charge in [-0.05, 0) is 43.9 Å². The first-order valence-electron chi connectivity index (χ1n) is 6.78. The number of unbranched alkanes of at least 4 members (excludes halogenated alkanes) is 3. The molecule has 0 aromatic heterocycles. The maximum Gasteiger partial charge on any atom is 0.253 e. The van der Waals surface area contributed by atoms with E-state index >= 15 is 0 Å². The maximum absolute atomic E-state index is 12.0. The molecule has 0 fully saturated rings. The molecule has 4 heteroatoms. The molecule has 0 saturated carbocycles. The lowest BCUT2D eigenvalue weighted by Gasteiger charge is -2.08. The number of carbonyl (C=O) groups is 1. The summed E-state index contributed by atoms with van der Waals surface area (Å²) in [7, 11) is 0. The van der Waals surface area contributed by atoms with E-state index in [1.807, 2.05) is 30.8 Å². The van der Waals surface area contributed by atoms with Crippen LogP contribution in [0, 0.1) is 6.92 Å². The van der Waals surface area contributed by atoms with Crippen molar-refractivity contribution in [2.75, 3.05) is 24.3 Å². The number of nitrogens with one attached hydrogen (secondary N) is 1. The van der Waals surface area contributed by atoms with Gasteiger partial charge in [-0.3, -0.25) is 4.79 Å². The monoisotopic (exact) mass is 280 g/mol. The van der Waals surface area contributed by atoms with Gasteiger partial charge in [-0.25, -0.2) is 0 Å². The number of nitrogens with two attached hydrogens (primary N) is 1. The Kier molecular flexibility index (Phi) is 7.41. The minimum Gasteiger partial charge on any atom is -0.398 e. The largest absolute Gasteiger partial charge is 0.398 e. The van der Waals surface area contributed by atoms with Gasteiger partial charge < -0.3 is 11.1 Å². The summed E-state index contributed by atoms with van der Waals surface area (Å²) >= 11 is 1.89. The normalized spacial score (nSPS) is 10.4. The van der Waals surface area contributed by atoms with Crippen LogP contribution in [0.25, 0.3) is 0 Å². The zero-order valence-electron chi connectivity index (χ0n) is 11.9. The number of hydrogen-bond donors (Lipinski definition) is 2. The number of amides is 1. The fraction of sp³-hybridized carbons (Fsp3) is 0.533. The molecule has 0 atom stereocenters. The molecular formula is C15H24N2OS. The summed E-state index contributed by atoms with van der Waals surface area (Å²) < 4.78 is 0. The van der Waals surface area contributed by atoms with E-state index in [4.69, 9.17) is 5.73 Å². The summed E-state index contributed by atoms with van der Waals surface area (Å²) in [5, 5.41) is 2.93. The Labute approximate surface area is 120 Å². The number of rotatable bonds is 8. The van der Waals surface area contributed by atoms with Gasteiger partial charge in [-0.1, -0.05) is 24.5 Å². The molecule has 0 aliphatic carbocycles. The first-order valence-corrected chi connectivity index (χ1v) is 8.18. The van der Waals surface area contributed by atoms with E-state index < -0.39 is 0 Å². The quantitative estimate of drug-likeness (QED) is 0.568. The number of nitrogen functional groups attached to an aromatic ring is 1. The van der Waals surface area contributed by atoms with Crippen molar-refractivity contribution in [1.29, 1.82) is 0 Å². The van der Waals surface area contributed by atoms with Crippen molar-refractivity contribution in [2.24, 2.45) is 0 Å². The van der Waals surface area contributed by atoms with Crippen LogP contribution in [-0.4, -0.2) is 24.5 Å². The van der Waals surface area contributed by atoms with Gasteiger partial charge >= 0.3 is 0 Å². The van der Waals surface area contributed by atoms with E-state index in [2.05, 4.69) is 11.6 Å². The summed E-state index contributed by atoms with van der Waals surface area (Å²) in [4.78, 5) is 12.0. The lowest BCUT2D eigenvalue weighted by Crippen LogP contribution is -2.25. The predicted molar refractivity (Wildman–Crippen MR) is 84.8 cm³/mol. The molecule has 19 heavy (non-hydrogen) atoms. The summed E-state index contributed by atoms with van der Waals surface area (Å²) in [5.41, 5.74) is 7.99. The highest BCUT2D eigenvalue weighted by Crippen LogP contribution is 2.13. The summed E-state index contributed by atoms with van der Waals surface area (Å²) in [6.45, 7) is 2.69. The summed E-state index contributed by atoms with van der Waals surface area (Å²) in [5.74, 6) is 1.16. The van der Waals surface area contributed by atoms with Crippen molar-refractivity contribution in [1.82, 2.24) is 5.32 Å². The van der Waals surface area contributed by atoms with Crippen molar-refractivity contribution < 1.29 is 4.79 Å².